The number of piperazine rings is 1. The number of halogens is 1. The maximum absolute atomic E-state index is 13.5. The third-order valence-corrected chi connectivity index (χ3v) is 2.35. The van der Waals surface area contributed by atoms with Gasteiger partial charge < -0.3 is 10.2 Å². The van der Waals surface area contributed by atoms with Crippen molar-refractivity contribution in [2.75, 3.05) is 26.2 Å². The minimum atomic E-state index is -0.898. The van der Waals surface area contributed by atoms with Crippen LogP contribution in [0, 0.1) is 0 Å². The lowest BCUT2D eigenvalue weighted by atomic mass is 10.3. The van der Waals surface area contributed by atoms with Crippen LogP contribution in [0.25, 0.3) is 0 Å². The fourth-order valence-corrected chi connectivity index (χ4v) is 1.60. The minimum absolute atomic E-state index is 0.505. The number of aliphatic imine (C=N–C) groups is 1. The van der Waals surface area contributed by atoms with Gasteiger partial charge in [0.1, 0.15) is 5.82 Å². The second kappa shape index (κ2) is 3.93. The van der Waals surface area contributed by atoms with Gasteiger partial charge in [0.15, 0.2) is 0 Å². The largest absolute Gasteiger partial charge is 0.354 e. The van der Waals surface area contributed by atoms with E-state index < -0.39 is 6.29 Å². The molecular formula is C8H14FN5. The molecule has 1 unspecified atom stereocenters. The Kier molecular flexibility index (Phi) is 2.64. The van der Waals surface area contributed by atoms with E-state index >= 15 is 0 Å². The van der Waals surface area contributed by atoms with Crippen molar-refractivity contribution in [2.45, 2.75) is 6.29 Å². The number of rotatable bonds is 1. The van der Waals surface area contributed by atoms with Crippen molar-refractivity contribution in [3.63, 3.8) is 0 Å². The van der Waals surface area contributed by atoms with E-state index in [-0.39, 0.29) is 0 Å². The lowest BCUT2D eigenvalue weighted by Crippen LogP contribution is -2.49. The molecule has 1 saturated heterocycles. The van der Waals surface area contributed by atoms with Gasteiger partial charge in [-0.2, -0.15) is 5.12 Å². The van der Waals surface area contributed by atoms with E-state index in [9.17, 15) is 4.48 Å². The molecule has 0 aromatic heterocycles. The molecule has 2 rings (SSSR count). The van der Waals surface area contributed by atoms with Crippen LogP contribution in [0.1, 0.15) is 0 Å². The summed E-state index contributed by atoms with van der Waals surface area (Å²) in [5, 5.41) is 3.71. The molecule has 0 radical (unpaired) electrons. The second-order valence-corrected chi connectivity index (χ2v) is 3.28. The number of nitrogens with zero attached hydrogens (tertiary/aromatic N) is 3. The number of hydrogen-bond donors (Lipinski definition) is 2. The Morgan fingerprint density at radius 1 is 1.50 bits per heavy atom. The van der Waals surface area contributed by atoms with Gasteiger partial charge in [0.05, 0.1) is 0 Å². The smallest absolute Gasteiger partial charge is 0.203 e. The molecule has 2 aliphatic heterocycles. The van der Waals surface area contributed by atoms with Gasteiger partial charge in [0.25, 0.3) is 0 Å². The Morgan fingerprint density at radius 2 is 2.21 bits per heavy atom. The zero-order valence-electron chi connectivity index (χ0n) is 7.86. The van der Waals surface area contributed by atoms with Crippen LogP contribution in [0.2, 0.25) is 0 Å². The van der Waals surface area contributed by atoms with Gasteiger partial charge in [-0.1, -0.05) is 4.48 Å². The Labute approximate surface area is 82.0 Å². The Morgan fingerprint density at radius 3 is 2.93 bits per heavy atom. The topological polar surface area (TPSA) is 56.9 Å². The van der Waals surface area contributed by atoms with Crippen molar-refractivity contribution >= 4 is 6.21 Å². The van der Waals surface area contributed by atoms with Gasteiger partial charge in [-0.05, 0) is 6.08 Å². The molecule has 3 N–H and O–H groups in total. The SMILES string of the molecule is NC1N=CC=C(N2CCNCC2)N1F. The number of nitrogens with one attached hydrogen (secondary N) is 1. The Balaban J connectivity index is 2.08. The predicted molar refractivity (Wildman–Crippen MR) is 51.9 cm³/mol. The highest BCUT2D eigenvalue weighted by atomic mass is 19.2. The average Bonchev–Trinajstić information content (AvgIpc) is 2.23. The summed E-state index contributed by atoms with van der Waals surface area (Å²) >= 11 is 0. The van der Waals surface area contributed by atoms with Gasteiger partial charge in [-0.25, -0.2) is 0 Å². The van der Waals surface area contributed by atoms with Crippen molar-refractivity contribution in [3.05, 3.63) is 11.9 Å². The van der Waals surface area contributed by atoms with Crippen molar-refractivity contribution in [1.82, 2.24) is 15.3 Å². The molecule has 1 fully saturated rings. The molecular weight excluding hydrogens is 185 g/mol. The van der Waals surface area contributed by atoms with Crippen LogP contribution in [0.4, 0.5) is 4.48 Å². The molecule has 78 valence electrons. The average molecular weight is 199 g/mol. The third kappa shape index (κ3) is 1.71. The van der Waals surface area contributed by atoms with Crippen LogP contribution < -0.4 is 11.1 Å². The summed E-state index contributed by atoms with van der Waals surface area (Å²) < 4.78 is 13.5. The van der Waals surface area contributed by atoms with Crippen LogP contribution in [-0.4, -0.2) is 48.7 Å². The minimum Gasteiger partial charge on any atom is -0.354 e. The van der Waals surface area contributed by atoms with Gasteiger partial charge in [0.2, 0.25) is 6.29 Å². The monoisotopic (exact) mass is 199 g/mol. The molecule has 2 heterocycles. The summed E-state index contributed by atoms with van der Waals surface area (Å²) in [6.45, 7) is 3.34. The molecule has 0 aliphatic carbocycles. The number of hydrogen-bond acceptors (Lipinski definition) is 5. The highest BCUT2D eigenvalue weighted by molar-refractivity contribution is 5.72. The van der Waals surface area contributed by atoms with Crippen LogP contribution in [0.3, 0.4) is 0 Å². The molecule has 5 nitrogen and oxygen atoms in total. The first-order valence-corrected chi connectivity index (χ1v) is 4.69. The summed E-state index contributed by atoms with van der Waals surface area (Å²) in [6, 6.07) is 0. The van der Waals surface area contributed by atoms with Gasteiger partial charge in [-0.15, -0.1) is 0 Å². The molecule has 2 aliphatic rings. The fourth-order valence-electron chi connectivity index (χ4n) is 1.60. The lowest BCUT2D eigenvalue weighted by molar-refractivity contribution is -0.0153. The van der Waals surface area contributed by atoms with Crippen LogP contribution in [0.5, 0.6) is 0 Å². The summed E-state index contributed by atoms with van der Waals surface area (Å²) in [5.41, 5.74) is 5.45. The lowest BCUT2D eigenvalue weighted by Gasteiger charge is -2.35. The predicted octanol–water partition coefficient (Wildman–Crippen LogP) is -0.754. The third-order valence-electron chi connectivity index (χ3n) is 2.35. The summed E-state index contributed by atoms with van der Waals surface area (Å²) in [5.74, 6) is 0.508. The first-order valence-electron chi connectivity index (χ1n) is 4.69. The zero-order chi connectivity index (χ0) is 9.97. The summed E-state index contributed by atoms with van der Waals surface area (Å²) in [4.78, 5) is 5.70. The molecule has 0 amide bonds. The molecule has 14 heavy (non-hydrogen) atoms. The standard InChI is InChI=1S/C8H14FN5/c9-14-7(1-2-12-8(14)10)13-5-3-11-4-6-13/h1-2,8,11H,3-6,10H2. The maximum atomic E-state index is 13.5. The van der Waals surface area contributed by atoms with E-state index in [1.807, 2.05) is 4.90 Å². The Bertz CT molecular complexity index is 258. The Hall–Kier alpha value is -1.14. The molecule has 0 saturated carbocycles. The van der Waals surface area contributed by atoms with Crippen molar-refractivity contribution in [2.24, 2.45) is 10.7 Å². The number of allylic oxidation sites excluding steroid dienone is 1. The first kappa shape index (κ1) is 9.42. The van der Waals surface area contributed by atoms with E-state index in [1.54, 1.807) is 12.3 Å². The summed E-state index contributed by atoms with van der Waals surface area (Å²) in [6.07, 6.45) is 2.30. The molecule has 0 spiro atoms. The van der Waals surface area contributed by atoms with Crippen LogP contribution >= 0.6 is 0 Å². The van der Waals surface area contributed by atoms with Crippen LogP contribution in [0.15, 0.2) is 16.9 Å². The highest BCUT2D eigenvalue weighted by Gasteiger charge is 2.24. The van der Waals surface area contributed by atoms with Gasteiger partial charge in [0, 0.05) is 32.4 Å². The first-order chi connectivity index (χ1) is 6.79. The summed E-state index contributed by atoms with van der Waals surface area (Å²) in [7, 11) is 0. The van der Waals surface area contributed by atoms with Gasteiger partial charge >= 0.3 is 0 Å². The van der Waals surface area contributed by atoms with Gasteiger partial charge in [-0.3, -0.25) is 10.7 Å². The van der Waals surface area contributed by atoms with E-state index in [0.29, 0.717) is 10.9 Å². The fraction of sp³-hybridized carbons (Fsp3) is 0.625. The second-order valence-electron chi connectivity index (χ2n) is 3.28. The quantitative estimate of drug-likeness (QED) is 0.545. The van der Waals surface area contributed by atoms with Crippen molar-refractivity contribution in [3.8, 4) is 0 Å². The van der Waals surface area contributed by atoms with Crippen molar-refractivity contribution < 1.29 is 4.48 Å². The normalized spacial score (nSPS) is 27.9. The highest BCUT2D eigenvalue weighted by Crippen LogP contribution is 2.16. The molecule has 0 bridgehead atoms. The van der Waals surface area contributed by atoms with Crippen LogP contribution in [-0.2, 0) is 0 Å². The molecule has 6 heteroatoms. The molecule has 0 aromatic carbocycles. The maximum Gasteiger partial charge on any atom is 0.203 e. The molecule has 0 aromatic rings. The van der Waals surface area contributed by atoms with E-state index in [0.717, 1.165) is 26.2 Å². The zero-order valence-corrected chi connectivity index (χ0v) is 7.86. The van der Waals surface area contributed by atoms with Crippen molar-refractivity contribution in [1.29, 1.82) is 0 Å². The van der Waals surface area contributed by atoms with E-state index in [4.69, 9.17) is 5.73 Å². The molecule has 1 atom stereocenters. The van der Waals surface area contributed by atoms with E-state index in [2.05, 4.69) is 10.3 Å². The number of nitrogens with two attached hydrogens (primary N) is 1. The van der Waals surface area contributed by atoms with E-state index in [1.165, 1.54) is 0 Å².